The van der Waals surface area contributed by atoms with E-state index in [0.29, 0.717) is 0 Å². The highest BCUT2D eigenvalue weighted by Gasteiger charge is 2.14. The first kappa shape index (κ1) is 13.3. The number of rotatable bonds is 2. The van der Waals surface area contributed by atoms with E-state index in [4.69, 9.17) is 16.3 Å². The van der Waals surface area contributed by atoms with Crippen LogP contribution in [0.2, 0.25) is 0 Å². The number of nitrogens with two attached hydrogens (primary N) is 1. The van der Waals surface area contributed by atoms with Gasteiger partial charge in [-0.2, -0.15) is 10.5 Å². The van der Waals surface area contributed by atoms with E-state index >= 15 is 0 Å². The lowest BCUT2D eigenvalue weighted by atomic mass is 10.1. The maximum atomic E-state index is 9.12. The molecule has 1 aromatic carbocycles. The normalized spacial score (nSPS) is 11.6. The van der Waals surface area contributed by atoms with Gasteiger partial charge in [0.25, 0.3) is 0 Å². The predicted octanol–water partition coefficient (Wildman–Crippen LogP) is 2.40. The van der Waals surface area contributed by atoms with Crippen LogP contribution in [-0.4, -0.2) is 9.55 Å². The van der Waals surface area contributed by atoms with Crippen molar-refractivity contribution in [2.24, 2.45) is 5.73 Å². The molecule has 94 valence electrons. The molecular weight excluding hydrogens is 306 g/mol. The molecular formula is C13H10BrN5. The summed E-state index contributed by atoms with van der Waals surface area (Å²) in [7, 11) is 0. The summed E-state index contributed by atoms with van der Waals surface area (Å²) in [5, 5.41) is 18.0. The van der Waals surface area contributed by atoms with Crippen molar-refractivity contribution in [3.63, 3.8) is 0 Å². The lowest BCUT2D eigenvalue weighted by Gasteiger charge is -2.11. The SMILES string of the molecule is C[C@H](N)c1ccc(-n2cnc(C#N)c2C#N)c(Br)c1. The van der Waals surface area contributed by atoms with Crippen molar-refractivity contribution in [3.8, 4) is 17.8 Å². The van der Waals surface area contributed by atoms with Gasteiger partial charge in [0, 0.05) is 10.5 Å². The Labute approximate surface area is 119 Å². The van der Waals surface area contributed by atoms with Crippen LogP contribution in [0.5, 0.6) is 0 Å². The zero-order valence-corrected chi connectivity index (χ0v) is 11.7. The van der Waals surface area contributed by atoms with Crippen LogP contribution in [-0.2, 0) is 0 Å². The van der Waals surface area contributed by atoms with Crippen molar-refractivity contribution in [1.82, 2.24) is 9.55 Å². The van der Waals surface area contributed by atoms with Gasteiger partial charge in [0.2, 0.25) is 0 Å². The fraction of sp³-hybridized carbons (Fsp3) is 0.154. The van der Waals surface area contributed by atoms with E-state index in [1.165, 1.54) is 6.33 Å². The molecule has 2 N–H and O–H groups in total. The minimum atomic E-state index is -0.0711. The fourth-order valence-electron chi connectivity index (χ4n) is 1.72. The number of hydrogen-bond acceptors (Lipinski definition) is 4. The average Bonchev–Trinajstić information content (AvgIpc) is 2.80. The number of benzene rings is 1. The van der Waals surface area contributed by atoms with Gasteiger partial charge in [0.15, 0.2) is 11.4 Å². The Hall–Kier alpha value is -2.15. The Morgan fingerprint density at radius 1 is 1.37 bits per heavy atom. The van der Waals surface area contributed by atoms with E-state index < -0.39 is 0 Å². The minimum Gasteiger partial charge on any atom is -0.324 e. The van der Waals surface area contributed by atoms with Gasteiger partial charge < -0.3 is 5.73 Å². The van der Waals surface area contributed by atoms with Crippen molar-refractivity contribution in [2.45, 2.75) is 13.0 Å². The topological polar surface area (TPSA) is 91.4 Å². The number of hydrogen-bond donors (Lipinski definition) is 1. The smallest absolute Gasteiger partial charge is 0.177 e. The van der Waals surface area contributed by atoms with Gasteiger partial charge in [-0.05, 0) is 40.5 Å². The third kappa shape index (κ3) is 2.37. The summed E-state index contributed by atoms with van der Waals surface area (Å²) in [5.74, 6) is 0. The minimum absolute atomic E-state index is 0.0711. The summed E-state index contributed by atoms with van der Waals surface area (Å²) in [6.07, 6.45) is 1.46. The molecule has 19 heavy (non-hydrogen) atoms. The number of aromatic nitrogens is 2. The van der Waals surface area contributed by atoms with Crippen LogP contribution in [0.25, 0.3) is 5.69 Å². The summed E-state index contributed by atoms with van der Waals surface area (Å²) >= 11 is 3.45. The van der Waals surface area contributed by atoms with E-state index in [1.807, 2.05) is 37.3 Å². The number of nitrogens with zero attached hydrogens (tertiary/aromatic N) is 4. The predicted molar refractivity (Wildman–Crippen MR) is 73.3 cm³/mol. The Morgan fingerprint density at radius 2 is 2.11 bits per heavy atom. The summed E-state index contributed by atoms with van der Waals surface area (Å²) in [5.41, 5.74) is 7.88. The average molecular weight is 316 g/mol. The van der Waals surface area contributed by atoms with E-state index in [-0.39, 0.29) is 17.4 Å². The monoisotopic (exact) mass is 315 g/mol. The van der Waals surface area contributed by atoms with Crippen molar-refractivity contribution >= 4 is 15.9 Å². The molecule has 0 bridgehead atoms. The molecule has 1 aromatic heterocycles. The highest BCUT2D eigenvalue weighted by atomic mass is 79.9. The van der Waals surface area contributed by atoms with Crippen LogP contribution in [0.1, 0.15) is 29.9 Å². The standard InChI is InChI=1S/C13H10BrN5/c1-8(17)9-2-3-12(10(14)4-9)19-7-18-11(5-15)13(19)6-16/h2-4,7-8H,17H2,1H3/t8-/m0/s1. The van der Waals surface area contributed by atoms with Gasteiger partial charge in [-0.3, -0.25) is 4.57 Å². The molecule has 0 amide bonds. The Bertz CT molecular complexity index is 703. The molecule has 0 aliphatic rings. The Kier molecular flexibility index (Phi) is 3.66. The van der Waals surface area contributed by atoms with Gasteiger partial charge in [0.1, 0.15) is 18.5 Å². The third-order valence-corrected chi connectivity index (χ3v) is 3.37. The highest BCUT2D eigenvalue weighted by molar-refractivity contribution is 9.10. The van der Waals surface area contributed by atoms with E-state index in [2.05, 4.69) is 20.9 Å². The van der Waals surface area contributed by atoms with Crippen LogP contribution >= 0.6 is 15.9 Å². The molecule has 2 aromatic rings. The second kappa shape index (κ2) is 5.23. The molecule has 0 saturated heterocycles. The summed E-state index contributed by atoms with van der Waals surface area (Å²) in [4.78, 5) is 3.91. The zero-order chi connectivity index (χ0) is 14.0. The highest BCUT2D eigenvalue weighted by Crippen LogP contribution is 2.26. The number of halogens is 1. The number of imidazole rings is 1. The van der Waals surface area contributed by atoms with Crippen molar-refractivity contribution in [2.75, 3.05) is 0 Å². The molecule has 0 saturated carbocycles. The summed E-state index contributed by atoms with van der Waals surface area (Å²) in [6, 6.07) is 9.44. The first-order chi connectivity index (χ1) is 9.08. The van der Waals surface area contributed by atoms with Crippen LogP contribution in [0.4, 0.5) is 0 Å². The van der Waals surface area contributed by atoms with Gasteiger partial charge in [-0.1, -0.05) is 6.07 Å². The molecule has 5 nitrogen and oxygen atoms in total. The van der Waals surface area contributed by atoms with Crippen molar-refractivity contribution in [1.29, 1.82) is 10.5 Å². The van der Waals surface area contributed by atoms with Crippen LogP contribution < -0.4 is 5.73 Å². The van der Waals surface area contributed by atoms with E-state index in [9.17, 15) is 0 Å². The molecule has 1 atom stereocenters. The molecule has 0 unspecified atom stereocenters. The van der Waals surface area contributed by atoms with Gasteiger partial charge in [0.05, 0.1) is 5.69 Å². The zero-order valence-electron chi connectivity index (χ0n) is 10.1. The summed E-state index contributed by atoms with van der Waals surface area (Å²) < 4.78 is 2.37. The maximum Gasteiger partial charge on any atom is 0.177 e. The first-order valence-corrected chi connectivity index (χ1v) is 6.30. The van der Waals surface area contributed by atoms with E-state index in [1.54, 1.807) is 4.57 Å². The van der Waals surface area contributed by atoms with Gasteiger partial charge >= 0.3 is 0 Å². The van der Waals surface area contributed by atoms with E-state index in [0.717, 1.165) is 15.7 Å². The quantitative estimate of drug-likeness (QED) is 0.921. The first-order valence-electron chi connectivity index (χ1n) is 5.51. The molecule has 1 heterocycles. The Morgan fingerprint density at radius 3 is 2.63 bits per heavy atom. The molecule has 6 heteroatoms. The van der Waals surface area contributed by atoms with Crippen molar-refractivity contribution < 1.29 is 0 Å². The second-order valence-electron chi connectivity index (χ2n) is 4.03. The molecule has 0 spiro atoms. The fourth-order valence-corrected chi connectivity index (χ4v) is 2.31. The molecule has 0 aliphatic carbocycles. The number of nitriles is 2. The van der Waals surface area contributed by atoms with Crippen LogP contribution in [0, 0.1) is 22.7 Å². The maximum absolute atomic E-state index is 9.12. The Balaban J connectivity index is 2.58. The van der Waals surface area contributed by atoms with Crippen LogP contribution in [0.15, 0.2) is 29.0 Å². The van der Waals surface area contributed by atoms with Gasteiger partial charge in [-0.25, -0.2) is 4.98 Å². The molecule has 0 radical (unpaired) electrons. The lowest BCUT2D eigenvalue weighted by molar-refractivity contribution is 0.816. The van der Waals surface area contributed by atoms with Crippen molar-refractivity contribution in [3.05, 3.63) is 46.0 Å². The third-order valence-electron chi connectivity index (χ3n) is 2.74. The van der Waals surface area contributed by atoms with Gasteiger partial charge in [-0.15, -0.1) is 0 Å². The molecule has 2 rings (SSSR count). The lowest BCUT2D eigenvalue weighted by Crippen LogP contribution is -2.06. The summed E-state index contributed by atoms with van der Waals surface area (Å²) in [6.45, 7) is 1.90. The molecule has 0 aliphatic heterocycles. The van der Waals surface area contributed by atoms with Crippen LogP contribution in [0.3, 0.4) is 0 Å². The largest absolute Gasteiger partial charge is 0.324 e. The molecule has 0 fully saturated rings. The second-order valence-corrected chi connectivity index (χ2v) is 4.89.